The molecule has 1 aliphatic heterocycles. The first-order valence-corrected chi connectivity index (χ1v) is 7.98. The molecule has 1 fully saturated rings. The number of hydrogen-bond acceptors (Lipinski definition) is 6. The Morgan fingerprint density at radius 3 is 2.65 bits per heavy atom. The molecule has 3 rings (SSSR count). The van der Waals surface area contributed by atoms with E-state index in [4.69, 9.17) is 4.42 Å². The van der Waals surface area contributed by atoms with Crippen molar-refractivity contribution in [2.24, 2.45) is 5.16 Å². The van der Waals surface area contributed by atoms with Gasteiger partial charge in [0.25, 0.3) is 11.4 Å². The molecule has 1 saturated carbocycles. The summed E-state index contributed by atoms with van der Waals surface area (Å²) in [6, 6.07) is 3.52. The van der Waals surface area contributed by atoms with E-state index in [1.54, 1.807) is 32.9 Å². The van der Waals surface area contributed by atoms with Crippen LogP contribution in [-0.2, 0) is 0 Å². The molecule has 0 bridgehead atoms. The third-order valence-electron chi connectivity index (χ3n) is 4.99. The maximum Gasteiger partial charge on any atom is 0.294 e. The molecule has 23 heavy (non-hydrogen) atoms. The van der Waals surface area contributed by atoms with Gasteiger partial charge in [-0.15, -0.1) is 5.06 Å². The van der Waals surface area contributed by atoms with Gasteiger partial charge in [0.05, 0.1) is 0 Å². The molecule has 1 spiro atoms. The lowest BCUT2D eigenvalue weighted by Gasteiger charge is -2.34. The van der Waals surface area contributed by atoms with Crippen LogP contribution in [0.25, 0.3) is 0 Å². The summed E-state index contributed by atoms with van der Waals surface area (Å²) in [7, 11) is 0. The smallest absolute Gasteiger partial charge is 0.294 e. The average Bonchev–Trinajstić information content (AvgIpc) is 2.87. The fraction of sp³-hybridized carbons (Fsp3) is 0.625. The van der Waals surface area contributed by atoms with Crippen LogP contribution < -0.4 is 0 Å². The van der Waals surface area contributed by atoms with Gasteiger partial charge in [-0.25, -0.2) is 0 Å². The predicted octanol–water partition coefficient (Wildman–Crippen LogP) is 2.86. The third kappa shape index (κ3) is 2.10. The van der Waals surface area contributed by atoms with Crippen molar-refractivity contribution in [1.82, 2.24) is 5.06 Å². The van der Waals surface area contributed by atoms with Crippen LogP contribution >= 0.6 is 0 Å². The lowest BCUT2D eigenvalue weighted by Crippen LogP contribution is -2.59. The molecule has 2 aliphatic rings. The molecule has 7 nitrogen and oxygen atoms in total. The minimum atomic E-state index is -1.37. The van der Waals surface area contributed by atoms with Crippen molar-refractivity contribution in [2.75, 3.05) is 0 Å². The average molecular weight is 321 g/mol. The fourth-order valence-electron chi connectivity index (χ4n) is 3.81. The zero-order valence-electron chi connectivity index (χ0n) is 13.7. The first-order chi connectivity index (χ1) is 10.9. The molecule has 7 heteroatoms. The van der Waals surface area contributed by atoms with Crippen LogP contribution in [-0.4, -0.2) is 42.8 Å². The van der Waals surface area contributed by atoms with Crippen LogP contribution in [0.3, 0.4) is 0 Å². The van der Waals surface area contributed by atoms with E-state index in [-0.39, 0.29) is 0 Å². The van der Waals surface area contributed by atoms with E-state index < -0.39 is 11.2 Å². The van der Waals surface area contributed by atoms with Crippen molar-refractivity contribution >= 4 is 11.4 Å². The van der Waals surface area contributed by atoms with Gasteiger partial charge < -0.3 is 20.0 Å². The maximum absolute atomic E-state index is 13.3. The Morgan fingerprint density at radius 1 is 1.30 bits per heavy atom. The number of furan rings is 1. The second kappa shape index (κ2) is 5.35. The van der Waals surface area contributed by atoms with E-state index in [0.717, 1.165) is 29.1 Å². The molecule has 0 amide bonds. The van der Waals surface area contributed by atoms with Gasteiger partial charge in [0.15, 0.2) is 5.76 Å². The molecule has 2 heterocycles. The van der Waals surface area contributed by atoms with Crippen LogP contribution in [0.2, 0.25) is 0 Å². The standard InChI is InChI=1S/C16H23N3O4/c1-11-8-9-12(23-11)14-15(2,3)19(22)16(18(14)21)10-6-4-5-7-13(16)17-20/h8-9,20,22H,4-7,10H2,1-3H3/b17-13-/t16-/m1/s1. The summed E-state index contributed by atoms with van der Waals surface area (Å²) < 4.78 is 6.42. The molecule has 1 aromatic rings. The number of nitrogens with zero attached hydrogens (tertiary/aromatic N) is 3. The number of rotatable bonds is 1. The maximum atomic E-state index is 13.3. The van der Waals surface area contributed by atoms with Crippen molar-refractivity contribution in [1.29, 1.82) is 0 Å². The Balaban J connectivity index is 2.23. The number of hydroxylamine groups is 3. The van der Waals surface area contributed by atoms with Gasteiger partial charge in [-0.3, -0.25) is 0 Å². The van der Waals surface area contributed by atoms with E-state index in [9.17, 15) is 15.6 Å². The zero-order chi connectivity index (χ0) is 16.8. The van der Waals surface area contributed by atoms with Crippen LogP contribution in [0.4, 0.5) is 0 Å². The molecule has 1 atom stereocenters. The molecule has 0 unspecified atom stereocenters. The highest BCUT2D eigenvalue weighted by Crippen LogP contribution is 2.42. The summed E-state index contributed by atoms with van der Waals surface area (Å²) in [5.74, 6) is 1.12. The molecule has 1 aromatic heterocycles. The normalized spacial score (nSPS) is 30.3. The molecule has 126 valence electrons. The summed E-state index contributed by atoms with van der Waals surface area (Å²) in [4.78, 5) is 0. The number of hydrogen-bond donors (Lipinski definition) is 2. The fourth-order valence-corrected chi connectivity index (χ4v) is 3.81. The largest absolute Gasteiger partial charge is 0.622 e. The highest BCUT2D eigenvalue weighted by Gasteiger charge is 2.65. The Kier molecular flexibility index (Phi) is 3.72. The molecular weight excluding hydrogens is 298 g/mol. The van der Waals surface area contributed by atoms with Crippen molar-refractivity contribution in [2.45, 2.75) is 64.1 Å². The van der Waals surface area contributed by atoms with Crippen molar-refractivity contribution in [3.63, 3.8) is 0 Å². The second-order valence-electron chi connectivity index (χ2n) is 6.85. The topological polar surface area (TPSA) is 95.3 Å². The summed E-state index contributed by atoms with van der Waals surface area (Å²) >= 11 is 0. The van der Waals surface area contributed by atoms with Crippen molar-refractivity contribution < 1.29 is 19.6 Å². The Bertz CT molecular complexity index is 677. The molecule has 1 aliphatic carbocycles. The van der Waals surface area contributed by atoms with Crippen LogP contribution in [0.1, 0.15) is 57.5 Å². The first-order valence-electron chi connectivity index (χ1n) is 7.98. The quantitative estimate of drug-likeness (QED) is 0.359. The zero-order valence-corrected chi connectivity index (χ0v) is 13.7. The number of oxime groups is 1. The van der Waals surface area contributed by atoms with Gasteiger partial charge in [0.1, 0.15) is 17.0 Å². The van der Waals surface area contributed by atoms with E-state index in [0.29, 0.717) is 35.8 Å². The van der Waals surface area contributed by atoms with Crippen molar-refractivity contribution in [3.8, 4) is 0 Å². The van der Waals surface area contributed by atoms with Crippen LogP contribution in [0, 0.1) is 12.1 Å². The van der Waals surface area contributed by atoms with E-state index >= 15 is 0 Å². The van der Waals surface area contributed by atoms with Gasteiger partial charge in [0, 0.05) is 6.42 Å². The summed E-state index contributed by atoms with van der Waals surface area (Å²) in [5.41, 5.74) is -1.69. The Hall–Kier alpha value is -1.86. The highest BCUT2D eigenvalue weighted by atomic mass is 16.6. The third-order valence-corrected chi connectivity index (χ3v) is 4.99. The first kappa shape index (κ1) is 16.0. The number of aryl methyl sites for hydroxylation is 1. The van der Waals surface area contributed by atoms with E-state index in [1.807, 2.05) is 0 Å². The SMILES string of the molecule is Cc1ccc(C2=[N+]([O-])[C@]3(CCCCC/C3=N/O)N(O)C2(C)C)o1. The molecule has 0 radical (unpaired) electrons. The van der Waals surface area contributed by atoms with Crippen LogP contribution in [0.15, 0.2) is 21.7 Å². The Morgan fingerprint density at radius 2 is 2.04 bits per heavy atom. The van der Waals surface area contributed by atoms with E-state index in [1.165, 1.54) is 0 Å². The molecule has 0 aromatic carbocycles. The van der Waals surface area contributed by atoms with E-state index in [2.05, 4.69) is 5.16 Å². The monoisotopic (exact) mass is 321 g/mol. The Labute approximate surface area is 135 Å². The summed E-state index contributed by atoms with van der Waals surface area (Å²) in [6.07, 6.45) is 3.41. The predicted molar refractivity (Wildman–Crippen MR) is 83.9 cm³/mol. The van der Waals surface area contributed by atoms with Gasteiger partial charge in [-0.2, -0.15) is 4.74 Å². The van der Waals surface area contributed by atoms with Gasteiger partial charge in [-0.1, -0.05) is 11.6 Å². The van der Waals surface area contributed by atoms with Gasteiger partial charge in [-0.05, 0) is 52.2 Å². The van der Waals surface area contributed by atoms with Crippen LogP contribution in [0.5, 0.6) is 0 Å². The lowest BCUT2D eigenvalue weighted by molar-refractivity contribution is -0.567. The second-order valence-corrected chi connectivity index (χ2v) is 6.85. The summed E-state index contributed by atoms with van der Waals surface area (Å²) in [5, 5.41) is 38.0. The lowest BCUT2D eigenvalue weighted by atomic mass is 9.94. The summed E-state index contributed by atoms with van der Waals surface area (Å²) in [6.45, 7) is 5.33. The molecular formula is C16H23N3O4. The molecule has 0 saturated heterocycles. The highest BCUT2D eigenvalue weighted by molar-refractivity contribution is 6.05. The van der Waals surface area contributed by atoms with Crippen molar-refractivity contribution in [3.05, 3.63) is 28.9 Å². The molecule has 2 N–H and O–H groups in total. The van der Waals surface area contributed by atoms with Gasteiger partial charge >= 0.3 is 0 Å². The van der Waals surface area contributed by atoms with Gasteiger partial charge in [0.2, 0.25) is 0 Å². The minimum absolute atomic E-state index is 0.304. The minimum Gasteiger partial charge on any atom is -0.622 e.